The quantitative estimate of drug-likeness (QED) is 0.892. The van der Waals surface area contributed by atoms with Crippen LogP contribution in [0.2, 0.25) is 0 Å². The van der Waals surface area contributed by atoms with Gasteiger partial charge in [-0.15, -0.1) is 0 Å². The summed E-state index contributed by atoms with van der Waals surface area (Å²) >= 11 is 0. The summed E-state index contributed by atoms with van der Waals surface area (Å²) < 4.78 is 0. The SMILES string of the molecule is CC.CC(=O)N1CCC(Nc2cc(C)ccn2)CC1. The largest absolute Gasteiger partial charge is 0.367 e. The maximum Gasteiger partial charge on any atom is 0.219 e. The molecule has 0 unspecified atom stereocenters. The van der Waals surface area contributed by atoms with Crippen molar-refractivity contribution in [3.8, 4) is 0 Å². The van der Waals surface area contributed by atoms with E-state index in [0.29, 0.717) is 6.04 Å². The molecule has 0 atom stereocenters. The van der Waals surface area contributed by atoms with Crippen LogP contribution in [0.25, 0.3) is 0 Å². The van der Waals surface area contributed by atoms with Crippen molar-refractivity contribution in [3.63, 3.8) is 0 Å². The number of pyridine rings is 1. The van der Waals surface area contributed by atoms with Gasteiger partial charge in [-0.05, 0) is 37.5 Å². The van der Waals surface area contributed by atoms with Crippen LogP contribution in [0.4, 0.5) is 5.82 Å². The number of carbonyl (C=O) groups is 1. The second kappa shape index (κ2) is 7.77. The summed E-state index contributed by atoms with van der Waals surface area (Å²) in [6, 6.07) is 4.47. The third kappa shape index (κ3) is 4.89. The van der Waals surface area contributed by atoms with E-state index < -0.39 is 0 Å². The van der Waals surface area contributed by atoms with Gasteiger partial charge in [0.2, 0.25) is 5.91 Å². The van der Waals surface area contributed by atoms with Crippen LogP contribution in [0, 0.1) is 6.92 Å². The van der Waals surface area contributed by atoms with Crippen LogP contribution in [0.5, 0.6) is 0 Å². The number of aromatic nitrogens is 1. The van der Waals surface area contributed by atoms with Crippen molar-refractivity contribution in [1.29, 1.82) is 0 Å². The van der Waals surface area contributed by atoms with Gasteiger partial charge in [0.25, 0.3) is 0 Å². The van der Waals surface area contributed by atoms with Gasteiger partial charge in [0.1, 0.15) is 5.82 Å². The molecule has 1 fully saturated rings. The monoisotopic (exact) mass is 263 g/mol. The Balaban J connectivity index is 0.000000861. The number of hydrogen-bond donors (Lipinski definition) is 1. The van der Waals surface area contributed by atoms with E-state index in [-0.39, 0.29) is 5.91 Å². The summed E-state index contributed by atoms with van der Waals surface area (Å²) in [5.74, 6) is 1.11. The first kappa shape index (κ1) is 15.5. The molecule has 1 N–H and O–H groups in total. The molecule has 1 aliphatic heterocycles. The Morgan fingerprint density at radius 3 is 2.53 bits per heavy atom. The van der Waals surface area contributed by atoms with Crippen molar-refractivity contribution >= 4 is 11.7 Å². The van der Waals surface area contributed by atoms with Crippen molar-refractivity contribution in [1.82, 2.24) is 9.88 Å². The number of anilines is 1. The van der Waals surface area contributed by atoms with E-state index in [4.69, 9.17) is 0 Å². The van der Waals surface area contributed by atoms with Gasteiger partial charge in [0, 0.05) is 32.3 Å². The lowest BCUT2D eigenvalue weighted by Gasteiger charge is -2.31. The number of aryl methyl sites for hydroxylation is 1. The average molecular weight is 263 g/mol. The van der Waals surface area contributed by atoms with Crippen LogP contribution in [0.15, 0.2) is 18.3 Å². The third-order valence-electron chi connectivity index (χ3n) is 3.21. The highest BCUT2D eigenvalue weighted by Crippen LogP contribution is 2.15. The van der Waals surface area contributed by atoms with Gasteiger partial charge in [0.15, 0.2) is 0 Å². The summed E-state index contributed by atoms with van der Waals surface area (Å²) in [6.45, 7) is 9.39. The second-order valence-electron chi connectivity index (χ2n) is 4.64. The molecule has 0 radical (unpaired) electrons. The Bertz CT molecular complexity index is 398. The summed E-state index contributed by atoms with van der Waals surface area (Å²) in [7, 11) is 0. The van der Waals surface area contributed by atoms with Crippen molar-refractivity contribution < 1.29 is 4.79 Å². The van der Waals surface area contributed by atoms with Crippen molar-refractivity contribution in [2.75, 3.05) is 18.4 Å². The molecule has 2 heterocycles. The maximum absolute atomic E-state index is 11.2. The smallest absolute Gasteiger partial charge is 0.219 e. The fourth-order valence-electron chi connectivity index (χ4n) is 2.16. The molecule has 4 nitrogen and oxygen atoms in total. The Morgan fingerprint density at radius 1 is 1.37 bits per heavy atom. The van der Waals surface area contributed by atoms with Crippen molar-refractivity contribution in [2.24, 2.45) is 0 Å². The zero-order chi connectivity index (χ0) is 14.3. The molecule has 1 aliphatic rings. The van der Waals surface area contributed by atoms with E-state index in [0.717, 1.165) is 31.7 Å². The molecule has 0 saturated carbocycles. The molecule has 0 aromatic carbocycles. The highest BCUT2D eigenvalue weighted by atomic mass is 16.2. The minimum absolute atomic E-state index is 0.178. The van der Waals surface area contributed by atoms with Crippen LogP contribution in [0.1, 0.15) is 39.2 Å². The summed E-state index contributed by atoms with van der Waals surface area (Å²) in [4.78, 5) is 17.4. The van der Waals surface area contributed by atoms with Crippen LogP contribution in [-0.2, 0) is 4.79 Å². The van der Waals surface area contributed by atoms with E-state index in [1.54, 1.807) is 6.92 Å². The fraction of sp³-hybridized carbons (Fsp3) is 0.600. The molecule has 1 aromatic heterocycles. The number of amides is 1. The zero-order valence-electron chi connectivity index (χ0n) is 12.4. The average Bonchev–Trinajstić information content (AvgIpc) is 2.41. The topological polar surface area (TPSA) is 45.2 Å². The van der Waals surface area contributed by atoms with Gasteiger partial charge >= 0.3 is 0 Å². The van der Waals surface area contributed by atoms with Crippen LogP contribution in [-0.4, -0.2) is 34.9 Å². The highest BCUT2D eigenvalue weighted by Gasteiger charge is 2.20. The summed E-state index contributed by atoms with van der Waals surface area (Å²) in [5, 5.41) is 3.43. The number of piperidine rings is 1. The van der Waals surface area contributed by atoms with Gasteiger partial charge in [-0.3, -0.25) is 4.79 Å². The van der Waals surface area contributed by atoms with E-state index in [9.17, 15) is 4.79 Å². The lowest BCUT2D eigenvalue weighted by atomic mass is 10.1. The summed E-state index contributed by atoms with van der Waals surface area (Å²) in [5.41, 5.74) is 1.21. The lowest BCUT2D eigenvalue weighted by Crippen LogP contribution is -2.41. The molecule has 4 heteroatoms. The van der Waals surface area contributed by atoms with E-state index >= 15 is 0 Å². The van der Waals surface area contributed by atoms with Crippen molar-refractivity contribution in [3.05, 3.63) is 23.9 Å². The first-order valence-corrected chi connectivity index (χ1v) is 7.10. The van der Waals surface area contributed by atoms with Gasteiger partial charge in [-0.25, -0.2) is 4.98 Å². The highest BCUT2D eigenvalue weighted by molar-refractivity contribution is 5.73. The minimum atomic E-state index is 0.178. The number of carbonyl (C=O) groups excluding carboxylic acids is 1. The van der Waals surface area contributed by atoms with E-state index in [2.05, 4.69) is 23.3 Å². The molecular weight excluding hydrogens is 238 g/mol. The normalized spacial score (nSPS) is 15.5. The Kier molecular flexibility index (Phi) is 6.33. The van der Waals surface area contributed by atoms with E-state index in [1.807, 2.05) is 31.0 Å². The number of rotatable bonds is 2. The number of hydrogen-bond acceptors (Lipinski definition) is 3. The Morgan fingerprint density at radius 2 is 2.00 bits per heavy atom. The fourth-order valence-corrected chi connectivity index (χ4v) is 2.16. The second-order valence-corrected chi connectivity index (χ2v) is 4.64. The molecule has 2 rings (SSSR count). The van der Waals surface area contributed by atoms with Gasteiger partial charge < -0.3 is 10.2 Å². The molecule has 106 valence electrons. The van der Waals surface area contributed by atoms with Crippen LogP contribution < -0.4 is 5.32 Å². The van der Waals surface area contributed by atoms with Gasteiger partial charge in [-0.2, -0.15) is 0 Å². The number of likely N-dealkylation sites (tertiary alicyclic amines) is 1. The minimum Gasteiger partial charge on any atom is -0.367 e. The first-order valence-electron chi connectivity index (χ1n) is 7.10. The molecular formula is C15H25N3O. The van der Waals surface area contributed by atoms with Gasteiger partial charge in [0.05, 0.1) is 0 Å². The standard InChI is InChI=1S/C13H19N3O.C2H6/c1-10-3-6-14-13(9-10)15-12-4-7-16(8-5-12)11(2)17;1-2/h3,6,9,12H,4-5,7-8H2,1-2H3,(H,14,15);1-2H3. The molecule has 19 heavy (non-hydrogen) atoms. The zero-order valence-corrected chi connectivity index (χ0v) is 12.4. The molecule has 1 amide bonds. The molecule has 1 saturated heterocycles. The van der Waals surface area contributed by atoms with Gasteiger partial charge in [-0.1, -0.05) is 13.8 Å². The number of nitrogens with zero attached hydrogens (tertiary/aromatic N) is 2. The third-order valence-corrected chi connectivity index (χ3v) is 3.21. The van der Waals surface area contributed by atoms with Crippen molar-refractivity contribution in [2.45, 2.75) is 46.6 Å². The maximum atomic E-state index is 11.2. The molecule has 0 spiro atoms. The Labute approximate surface area is 116 Å². The predicted octanol–water partition coefficient (Wildman–Crippen LogP) is 2.84. The van der Waals surface area contributed by atoms with Crippen LogP contribution in [0.3, 0.4) is 0 Å². The molecule has 0 aliphatic carbocycles. The lowest BCUT2D eigenvalue weighted by molar-refractivity contribution is -0.129. The van der Waals surface area contributed by atoms with Crippen LogP contribution >= 0.6 is 0 Å². The predicted molar refractivity (Wildman–Crippen MR) is 79.2 cm³/mol. The Hall–Kier alpha value is -1.58. The summed E-state index contributed by atoms with van der Waals surface area (Å²) in [6.07, 6.45) is 3.81. The molecule has 1 aromatic rings. The molecule has 0 bridgehead atoms. The first-order chi connectivity index (χ1) is 9.15. The van der Waals surface area contributed by atoms with E-state index in [1.165, 1.54) is 5.56 Å². The number of nitrogens with one attached hydrogen (secondary N) is 1.